The summed E-state index contributed by atoms with van der Waals surface area (Å²) in [5.41, 5.74) is 5.51. The van der Waals surface area contributed by atoms with Crippen molar-refractivity contribution in [2.45, 2.75) is 161 Å². The number of esters is 2. The summed E-state index contributed by atoms with van der Waals surface area (Å²) in [5.74, 6) is -0.622. The molecule has 0 aliphatic rings. The average Bonchev–Trinajstić information content (AvgIpc) is 2.91. The van der Waals surface area contributed by atoms with E-state index in [9.17, 15) is 14.2 Å². The van der Waals surface area contributed by atoms with E-state index in [2.05, 4.69) is 6.92 Å². The molecule has 0 heterocycles. The van der Waals surface area contributed by atoms with Crippen molar-refractivity contribution in [2.75, 3.05) is 19.8 Å². The molecule has 7 nitrogen and oxygen atoms in total. The molecule has 224 valence electrons. The zero-order valence-corrected chi connectivity index (χ0v) is 25.3. The molecule has 0 saturated carbocycles. The highest BCUT2D eigenvalue weighted by Gasteiger charge is 2.17. The normalized spacial score (nSPS) is 12.1. The van der Waals surface area contributed by atoms with Crippen molar-refractivity contribution in [1.29, 1.82) is 0 Å². The quantitative estimate of drug-likeness (QED) is 0.0533. The maximum atomic E-state index is 12.2. The highest BCUT2D eigenvalue weighted by molar-refractivity contribution is 7.17. The molecule has 0 amide bonds. The molecule has 0 radical (unpaired) electrons. The van der Waals surface area contributed by atoms with Crippen molar-refractivity contribution < 1.29 is 28.2 Å². The topological polar surface area (TPSA) is 105 Å². The zero-order chi connectivity index (χ0) is 27.9. The smallest absolute Gasteiger partial charge is 0.327 e. The SMILES string of the molecule is CCCCCCCCCCCCCC(=O)O[C@@H](COP=O)COC(=O)CCCCCCCCCCCCN. The third-order valence-electron chi connectivity index (χ3n) is 6.86. The standard InChI is InChI=1S/C30H58NO6P/c1-2-3-4-5-6-7-8-12-15-18-21-24-30(33)37-28(27-36-38-34)26-35-29(32)23-20-17-14-11-9-10-13-16-19-22-25-31/h28H,2-27,31H2,1H3/t28-/m1/s1. The minimum atomic E-state index is -0.731. The lowest BCUT2D eigenvalue weighted by Gasteiger charge is -2.16. The molecular formula is C30H58NO6P. The highest BCUT2D eigenvalue weighted by atomic mass is 31.1. The molecule has 0 aromatic carbocycles. The van der Waals surface area contributed by atoms with Crippen molar-refractivity contribution in [2.24, 2.45) is 5.73 Å². The van der Waals surface area contributed by atoms with Crippen molar-refractivity contribution in [1.82, 2.24) is 0 Å². The van der Waals surface area contributed by atoms with Gasteiger partial charge in [-0.15, -0.1) is 0 Å². The van der Waals surface area contributed by atoms with Crippen LogP contribution in [0.25, 0.3) is 0 Å². The maximum absolute atomic E-state index is 12.2. The fourth-order valence-corrected chi connectivity index (χ4v) is 4.72. The third-order valence-corrected chi connectivity index (χ3v) is 7.12. The van der Waals surface area contributed by atoms with Gasteiger partial charge in [-0.25, -0.2) is 4.57 Å². The minimum Gasteiger partial charge on any atom is -0.462 e. The van der Waals surface area contributed by atoms with Crippen LogP contribution in [0.5, 0.6) is 0 Å². The number of ether oxygens (including phenoxy) is 2. The van der Waals surface area contributed by atoms with E-state index in [1.165, 1.54) is 89.9 Å². The van der Waals surface area contributed by atoms with Gasteiger partial charge < -0.3 is 15.2 Å². The molecule has 0 saturated heterocycles. The van der Waals surface area contributed by atoms with Crippen molar-refractivity contribution in [3.8, 4) is 0 Å². The first-order valence-electron chi connectivity index (χ1n) is 15.6. The van der Waals surface area contributed by atoms with Gasteiger partial charge in [-0.3, -0.25) is 14.1 Å². The van der Waals surface area contributed by atoms with Crippen LogP contribution in [0.3, 0.4) is 0 Å². The molecule has 0 bridgehead atoms. The second kappa shape index (κ2) is 30.5. The predicted octanol–water partition coefficient (Wildman–Crippen LogP) is 8.62. The van der Waals surface area contributed by atoms with E-state index in [0.717, 1.165) is 51.5 Å². The van der Waals surface area contributed by atoms with E-state index in [1.807, 2.05) is 0 Å². The molecule has 0 aliphatic carbocycles. The minimum absolute atomic E-state index is 0.0610. The number of carbonyl (C=O) groups is 2. The summed E-state index contributed by atoms with van der Waals surface area (Å²) in [4.78, 5) is 24.3. The molecule has 0 fully saturated rings. The lowest BCUT2D eigenvalue weighted by Crippen LogP contribution is -2.28. The van der Waals surface area contributed by atoms with Crippen LogP contribution in [-0.4, -0.2) is 37.8 Å². The number of hydrogen-bond donors (Lipinski definition) is 1. The summed E-state index contributed by atoms with van der Waals surface area (Å²) >= 11 is 0. The predicted molar refractivity (Wildman–Crippen MR) is 155 cm³/mol. The Morgan fingerprint density at radius 2 is 1.03 bits per heavy atom. The molecular weight excluding hydrogens is 501 g/mol. The molecule has 0 spiro atoms. The molecule has 0 aromatic heterocycles. The fraction of sp³-hybridized carbons (Fsp3) is 0.933. The molecule has 0 unspecified atom stereocenters. The second-order valence-electron chi connectivity index (χ2n) is 10.5. The molecule has 38 heavy (non-hydrogen) atoms. The van der Waals surface area contributed by atoms with E-state index in [0.29, 0.717) is 12.8 Å². The number of carbonyl (C=O) groups excluding carboxylic acids is 2. The van der Waals surface area contributed by atoms with Crippen molar-refractivity contribution in [3.63, 3.8) is 0 Å². The van der Waals surface area contributed by atoms with Crippen LogP contribution in [0.4, 0.5) is 0 Å². The lowest BCUT2D eigenvalue weighted by atomic mass is 10.1. The Labute approximate surface area is 235 Å². The summed E-state index contributed by atoms with van der Waals surface area (Å²) in [7, 11) is -0.486. The van der Waals surface area contributed by atoms with Crippen LogP contribution in [0.1, 0.15) is 155 Å². The summed E-state index contributed by atoms with van der Waals surface area (Å²) in [6.07, 6.45) is 25.0. The lowest BCUT2D eigenvalue weighted by molar-refractivity contribution is -0.160. The Bertz CT molecular complexity index is 549. The number of rotatable bonds is 30. The van der Waals surface area contributed by atoms with Gasteiger partial charge in [0.25, 0.3) is 0 Å². The molecule has 1 atom stereocenters. The summed E-state index contributed by atoms with van der Waals surface area (Å²) in [6.45, 7) is 2.90. The molecule has 2 N–H and O–H groups in total. The van der Waals surface area contributed by atoms with Gasteiger partial charge in [-0.05, 0) is 25.8 Å². The Kier molecular flexibility index (Phi) is 29.7. The van der Waals surface area contributed by atoms with E-state index in [4.69, 9.17) is 19.7 Å². The molecule has 0 aromatic rings. The summed E-state index contributed by atoms with van der Waals surface area (Å²) in [6, 6.07) is 0. The maximum Gasteiger partial charge on any atom is 0.327 e. The monoisotopic (exact) mass is 559 g/mol. The largest absolute Gasteiger partial charge is 0.462 e. The van der Waals surface area contributed by atoms with E-state index >= 15 is 0 Å². The van der Waals surface area contributed by atoms with Crippen LogP contribution in [-0.2, 0) is 28.2 Å². The van der Waals surface area contributed by atoms with Crippen LogP contribution in [0.15, 0.2) is 0 Å². The van der Waals surface area contributed by atoms with Crippen LogP contribution in [0.2, 0.25) is 0 Å². The van der Waals surface area contributed by atoms with Gasteiger partial charge in [0.2, 0.25) is 0 Å². The summed E-state index contributed by atoms with van der Waals surface area (Å²) < 4.78 is 26.2. The number of unbranched alkanes of at least 4 members (excludes halogenated alkanes) is 19. The first-order chi connectivity index (χ1) is 18.6. The van der Waals surface area contributed by atoms with Gasteiger partial charge in [0, 0.05) is 12.8 Å². The summed E-state index contributed by atoms with van der Waals surface area (Å²) in [5, 5.41) is 0. The van der Waals surface area contributed by atoms with E-state index < -0.39 is 14.8 Å². The average molecular weight is 560 g/mol. The number of hydrogen-bond acceptors (Lipinski definition) is 7. The Morgan fingerprint density at radius 3 is 1.47 bits per heavy atom. The Morgan fingerprint density at radius 1 is 0.605 bits per heavy atom. The van der Waals surface area contributed by atoms with E-state index in [-0.39, 0.29) is 25.2 Å². The van der Waals surface area contributed by atoms with Crippen LogP contribution >= 0.6 is 8.69 Å². The number of nitrogens with two attached hydrogens (primary N) is 1. The van der Waals surface area contributed by atoms with Gasteiger partial charge in [-0.2, -0.15) is 0 Å². The van der Waals surface area contributed by atoms with Gasteiger partial charge in [0.05, 0.1) is 0 Å². The van der Waals surface area contributed by atoms with Gasteiger partial charge >= 0.3 is 20.6 Å². The third kappa shape index (κ3) is 28.0. The second-order valence-corrected chi connectivity index (χ2v) is 10.9. The van der Waals surface area contributed by atoms with Gasteiger partial charge in [0.15, 0.2) is 6.10 Å². The van der Waals surface area contributed by atoms with Gasteiger partial charge in [0.1, 0.15) is 13.2 Å². The highest BCUT2D eigenvalue weighted by Crippen LogP contribution is 2.14. The Balaban J connectivity index is 3.79. The Hall–Kier alpha value is -1.04. The van der Waals surface area contributed by atoms with Crippen LogP contribution < -0.4 is 5.73 Å². The van der Waals surface area contributed by atoms with Crippen molar-refractivity contribution in [3.05, 3.63) is 0 Å². The first kappa shape index (κ1) is 37.0. The van der Waals surface area contributed by atoms with Crippen LogP contribution in [0, 0.1) is 0 Å². The molecule has 8 heteroatoms. The zero-order valence-electron chi connectivity index (χ0n) is 24.4. The van der Waals surface area contributed by atoms with Gasteiger partial charge in [-0.1, -0.05) is 122 Å². The molecule has 0 aliphatic heterocycles. The fourth-order valence-electron chi connectivity index (χ4n) is 4.49. The first-order valence-corrected chi connectivity index (χ1v) is 16.4. The van der Waals surface area contributed by atoms with E-state index in [1.54, 1.807) is 0 Å². The molecule has 0 rings (SSSR count). The van der Waals surface area contributed by atoms with Crippen molar-refractivity contribution >= 4 is 20.6 Å².